The summed E-state index contributed by atoms with van der Waals surface area (Å²) >= 11 is 0. The molecule has 6 unspecified atom stereocenters. The minimum Gasteiger partial charge on any atom is -0.459 e. The van der Waals surface area contributed by atoms with Crippen LogP contribution in [0.3, 0.4) is 0 Å². The van der Waals surface area contributed by atoms with Crippen LogP contribution >= 0.6 is 0 Å². The summed E-state index contributed by atoms with van der Waals surface area (Å²) in [5.74, 6) is -1.02. The number of non-ortho nitro benzene ring substituents is 1. The van der Waals surface area contributed by atoms with E-state index in [1.807, 2.05) is 30.3 Å². The lowest BCUT2D eigenvalue weighted by molar-refractivity contribution is -0.384. The number of nitro groups is 1. The van der Waals surface area contributed by atoms with Crippen LogP contribution in [0, 0.1) is 27.9 Å². The highest BCUT2D eigenvalue weighted by Gasteiger charge is 2.65. The number of carbonyl (C=O) groups is 2. The average Bonchev–Trinajstić information content (AvgIpc) is 3.88. The van der Waals surface area contributed by atoms with Crippen LogP contribution in [-0.2, 0) is 20.9 Å². The Bertz CT molecular complexity index is 2440. The largest absolute Gasteiger partial charge is 0.459 e. The Hall–Kier alpha value is -6.23. The number of benzene rings is 3. The summed E-state index contributed by atoms with van der Waals surface area (Å²) in [4.78, 5) is 47.0. The van der Waals surface area contributed by atoms with Gasteiger partial charge in [-0.15, -0.1) is 6.58 Å². The molecule has 7 rings (SSSR count). The average molecular weight is 1020 g/mol. The molecule has 74 heavy (non-hydrogen) atoms. The normalized spacial score (nSPS) is 21.8. The molecule has 2 aliphatic heterocycles. The topological polar surface area (TPSA) is 201 Å². The Morgan fingerprint density at radius 1 is 0.892 bits per heavy atom. The molecule has 16 nitrogen and oxygen atoms in total. The molecule has 2 aliphatic carbocycles. The van der Waals surface area contributed by atoms with Crippen molar-refractivity contribution in [1.82, 2.24) is 10.2 Å². The Morgan fingerprint density at radius 3 is 2.30 bits per heavy atom. The number of nitrogens with zero attached hydrogens (tertiary/aromatic N) is 3. The van der Waals surface area contributed by atoms with Crippen molar-refractivity contribution in [3.63, 3.8) is 0 Å². The Kier molecular flexibility index (Phi) is 20.9. The molecule has 0 aromatic heterocycles. The highest BCUT2D eigenvalue weighted by molar-refractivity contribution is 6.03. The summed E-state index contributed by atoms with van der Waals surface area (Å²) < 4.78 is 32.0. The number of carbonyl (C=O) groups excluding carboxylic acids is 2. The minimum atomic E-state index is -1.57. The number of nitro benzene ring substituents is 1. The quantitative estimate of drug-likeness (QED) is 0.0188. The first-order valence-electron chi connectivity index (χ1n) is 26.8. The monoisotopic (exact) mass is 1020 g/mol. The van der Waals surface area contributed by atoms with Crippen molar-refractivity contribution in [3.05, 3.63) is 118 Å². The van der Waals surface area contributed by atoms with E-state index in [1.165, 1.54) is 70.3 Å². The molecule has 1 fully saturated rings. The second-order valence-electron chi connectivity index (χ2n) is 19.8. The molecule has 400 valence electrons. The highest BCUT2D eigenvalue weighted by atomic mass is 16.7. The van der Waals surface area contributed by atoms with E-state index in [2.05, 4.69) is 24.9 Å². The first kappa shape index (κ1) is 55.5. The van der Waals surface area contributed by atoms with Gasteiger partial charge in [-0.1, -0.05) is 101 Å². The molecule has 4 aliphatic rings. The highest BCUT2D eigenvalue weighted by Crippen LogP contribution is 2.62. The van der Waals surface area contributed by atoms with Gasteiger partial charge in [0.25, 0.3) is 5.69 Å². The van der Waals surface area contributed by atoms with Gasteiger partial charge in [-0.25, -0.2) is 4.79 Å². The Labute approximate surface area is 435 Å². The molecule has 16 heteroatoms. The van der Waals surface area contributed by atoms with Gasteiger partial charge in [-0.05, 0) is 109 Å². The summed E-state index contributed by atoms with van der Waals surface area (Å²) in [7, 11) is 1.50. The summed E-state index contributed by atoms with van der Waals surface area (Å²) in [6.45, 7) is 7.07. The van der Waals surface area contributed by atoms with Crippen molar-refractivity contribution in [2.24, 2.45) is 22.9 Å². The van der Waals surface area contributed by atoms with E-state index in [0.717, 1.165) is 61.6 Å². The molecule has 2 amide bonds. The zero-order valence-electron chi connectivity index (χ0n) is 43.3. The third-order valence-corrected chi connectivity index (χ3v) is 14.8. The molecule has 0 spiro atoms. The zero-order chi connectivity index (χ0) is 52.3. The van der Waals surface area contributed by atoms with Crippen LogP contribution in [0.2, 0.25) is 0 Å². The lowest BCUT2D eigenvalue weighted by Gasteiger charge is -2.60. The van der Waals surface area contributed by atoms with Crippen LogP contribution in [0.1, 0.15) is 139 Å². The number of unbranched alkanes of at least 4 members (excludes halogenated alkanes) is 11. The number of hydrogen-bond acceptors (Lipinski definition) is 13. The van der Waals surface area contributed by atoms with E-state index < -0.39 is 34.7 Å². The molecule has 0 radical (unpaired) electrons. The third kappa shape index (κ3) is 13.9. The number of aliphatic hydroxyl groups excluding tert-OH is 2. The van der Waals surface area contributed by atoms with E-state index >= 15 is 4.79 Å². The molecule has 2 heterocycles. The number of hydrogen-bond donors (Lipinski definition) is 3. The van der Waals surface area contributed by atoms with Crippen molar-refractivity contribution in [2.45, 2.75) is 140 Å². The molecule has 6 atom stereocenters. The van der Waals surface area contributed by atoms with Gasteiger partial charge >= 0.3 is 6.09 Å². The van der Waals surface area contributed by atoms with Crippen LogP contribution < -0.4 is 24.3 Å². The van der Waals surface area contributed by atoms with Crippen molar-refractivity contribution >= 4 is 29.5 Å². The van der Waals surface area contributed by atoms with E-state index in [9.17, 15) is 25.1 Å². The van der Waals surface area contributed by atoms with Gasteiger partial charge in [0, 0.05) is 62.4 Å². The fourth-order valence-electron chi connectivity index (χ4n) is 11.3. The molecule has 0 saturated heterocycles. The summed E-state index contributed by atoms with van der Waals surface area (Å²) in [5.41, 5.74) is 3.53. The van der Waals surface area contributed by atoms with Crippen LogP contribution in [0.25, 0.3) is 6.08 Å². The van der Waals surface area contributed by atoms with Gasteiger partial charge in [0.15, 0.2) is 11.5 Å². The fraction of sp³-hybridized carbons (Fsp3) is 0.534. The van der Waals surface area contributed by atoms with Gasteiger partial charge in [0.2, 0.25) is 18.5 Å². The fourth-order valence-corrected chi connectivity index (χ4v) is 11.3. The van der Waals surface area contributed by atoms with Crippen LogP contribution in [-0.4, -0.2) is 89.8 Å². The SMILES string of the molecule is C=CCOC12Oc3ccc(OC(=O)NCCCCCCCCCCCC)cc3C3C(CCCCO)C(CCCCO)C=C(C(=NOC)CC1N(Cc1ccc4c(c1)OCO4)C(=O)C=Cc1ccc([N+](=O)[O-])cc1)C32. The van der Waals surface area contributed by atoms with Crippen molar-refractivity contribution < 1.29 is 53.2 Å². The van der Waals surface area contributed by atoms with E-state index in [4.69, 9.17) is 33.7 Å². The first-order valence-corrected chi connectivity index (χ1v) is 26.8. The van der Waals surface area contributed by atoms with Crippen LogP contribution in [0.4, 0.5) is 10.5 Å². The zero-order valence-corrected chi connectivity index (χ0v) is 43.3. The van der Waals surface area contributed by atoms with Crippen molar-refractivity contribution in [3.8, 4) is 23.0 Å². The molecule has 3 aromatic carbocycles. The number of amides is 2. The van der Waals surface area contributed by atoms with Gasteiger partial charge in [0.1, 0.15) is 24.7 Å². The van der Waals surface area contributed by atoms with Gasteiger partial charge in [-0.3, -0.25) is 14.9 Å². The van der Waals surface area contributed by atoms with E-state index in [1.54, 1.807) is 35.3 Å². The molecule has 3 N–H and O–H groups in total. The lowest BCUT2D eigenvalue weighted by Crippen LogP contribution is -2.70. The number of rotatable bonds is 30. The van der Waals surface area contributed by atoms with Crippen molar-refractivity contribution in [1.29, 1.82) is 0 Å². The van der Waals surface area contributed by atoms with E-state index in [0.29, 0.717) is 53.7 Å². The maximum absolute atomic E-state index is 15.2. The lowest BCUT2D eigenvalue weighted by atomic mass is 9.55. The summed E-state index contributed by atoms with van der Waals surface area (Å²) in [6, 6.07) is 16.1. The van der Waals surface area contributed by atoms with E-state index in [-0.39, 0.29) is 63.0 Å². The molecular weight excluding hydrogens is 945 g/mol. The van der Waals surface area contributed by atoms with Crippen molar-refractivity contribution in [2.75, 3.05) is 40.3 Å². The molecule has 0 bridgehead atoms. The molecule has 3 aromatic rings. The summed E-state index contributed by atoms with van der Waals surface area (Å²) in [5, 5.41) is 39.1. The number of aliphatic hydroxyl groups is 2. The number of fused-ring (bicyclic) bond motifs is 3. The predicted molar refractivity (Wildman–Crippen MR) is 283 cm³/mol. The second-order valence-corrected chi connectivity index (χ2v) is 19.8. The summed E-state index contributed by atoms with van der Waals surface area (Å²) in [6.07, 6.45) is 22.7. The number of allylic oxidation sites excluding steroid dienone is 1. The number of oxime groups is 1. The van der Waals surface area contributed by atoms with Crippen LogP contribution in [0.5, 0.6) is 23.0 Å². The first-order chi connectivity index (χ1) is 36.1. The van der Waals surface area contributed by atoms with Gasteiger partial charge in [0.05, 0.1) is 23.2 Å². The maximum atomic E-state index is 15.2. The minimum absolute atomic E-state index is 0.0110. The Balaban J connectivity index is 1.28. The van der Waals surface area contributed by atoms with Gasteiger partial charge < -0.3 is 49.0 Å². The number of nitrogens with one attached hydrogen (secondary N) is 1. The second kappa shape index (κ2) is 27.9. The number of ether oxygens (including phenoxy) is 5. The standard InChI is InChI=1S/C58H76N4O12/c1-4-6-7-8-9-10-11-12-13-16-31-59-57(66)73-45-27-29-50-48(37-45)55-46(20-15-18-33-64)43(19-14-17-32-63)36-47-49(60-69-3)38-53(58(74-50,56(47)55)72-34-5-2)61(39-42-23-28-51-52(35-42)71-40-70-51)54(65)30-24-41-21-25-44(26-22-41)62(67)68/h5,21-30,35-37,43,46,53,55-56,63-64H,2,4,6-20,31-34,38-40H2,1,3H3,(H,59,66). The maximum Gasteiger partial charge on any atom is 0.412 e. The Morgan fingerprint density at radius 2 is 1.59 bits per heavy atom. The predicted octanol–water partition coefficient (Wildman–Crippen LogP) is 11.3. The third-order valence-electron chi connectivity index (χ3n) is 14.8. The van der Waals surface area contributed by atoms with Gasteiger partial charge in [-0.2, -0.15) is 0 Å². The smallest absolute Gasteiger partial charge is 0.412 e. The van der Waals surface area contributed by atoms with Crippen LogP contribution in [0.15, 0.2) is 96.2 Å². The molecule has 1 saturated carbocycles. The molecular formula is C58H76N4O12.